The molecule has 1 aromatic heterocycles. The zero-order valence-corrected chi connectivity index (χ0v) is 10.8. The van der Waals surface area contributed by atoms with Crippen molar-refractivity contribution in [3.05, 3.63) is 40.3 Å². The lowest BCUT2D eigenvalue weighted by molar-refractivity contribution is 0.473. The highest BCUT2D eigenvalue weighted by molar-refractivity contribution is 9.10. The second kappa shape index (κ2) is 4.39. The number of rotatable bonds is 2. The molecule has 0 amide bonds. The van der Waals surface area contributed by atoms with Crippen LogP contribution in [-0.4, -0.2) is 4.98 Å². The Morgan fingerprint density at radius 1 is 1.44 bits per heavy atom. The van der Waals surface area contributed by atoms with Gasteiger partial charge in [0.2, 0.25) is 5.89 Å². The molecule has 2 aromatic rings. The van der Waals surface area contributed by atoms with Crippen LogP contribution in [0.2, 0.25) is 0 Å². The van der Waals surface area contributed by atoms with Crippen molar-refractivity contribution < 1.29 is 4.42 Å². The SMILES string of the molecule is Cc1cc(Br)ccc1-c1cnc(C(C)N)o1. The molecule has 0 spiro atoms. The molecule has 2 rings (SSSR count). The van der Waals surface area contributed by atoms with E-state index in [0.717, 1.165) is 21.4 Å². The van der Waals surface area contributed by atoms with E-state index in [1.165, 1.54) is 0 Å². The van der Waals surface area contributed by atoms with Crippen LogP contribution in [0, 0.1) is 6.92 Å². The van der Waals surface area contributed by atoms with E-state index >= 15 is 0 Å². The molecule has 16 heavy (non-hydrogen) atoms. The van der Waals surface area contributed by atoms with Crippen LogP contribution in [0.4, 0.5) is 0 Å². The fourth-order valence-electron chi connectivity index (χ4n) is 1.53. The van der Waals surface area contributed by atoms with E-state index in [-0.39, 0.29) is 6.04 Å². The number of aromatic nitrogens is 1. The van der Waals surface area contributed by atoms with Crippen LogP contribution in [-0.2, 0) is 0 Å². The summed E-state index contributed by atoms with van der Waals surface area (Å²) in [6.07, 6.45) is 1.72. The minimum atomic E-state index is -0.176. The standard InChI is InChI=1S/C12H13BrN2O/c1-7-5-9(13)3-4-10(7)11-6-15-12(16-11)8(2)14/h3-6,8H,14H2,1-2H3. The van der Waals surface area contributed by atoms with E-state index in [9.17, 15) is 0 Å². The van der Waals surface area contributed by atoms with Crippen LogP contribution in [0.5, 0.6) is 0 Å². The van der Waals surface area contributed by atoms with Crippen LogP contribution >= 0.6 is 15.9 Å². The molecule has 0 bridgehead atoms. The van der Waals surface area contributed by atoms with Crippen molar-refractivity contribution >= 4 is 15.9 Å². The molecular formula is C12H13BrN2O. The summed E-state index contributed by atoms with van der Waals surface area (Å²) in [5, 5.41) is 0. The molecule has 84 valence electrons. The van der Waals surface area contributed by atoms with Crippen molar-refractivity contribution in [3.63, 3.8) is 0 Å². The summed E-state index contributed by atoms with van der Waals surface area (Å²) in [5.41, 5.74) is 7.89. The Balaban J connectivity index is 2.42. The van der Waals surface area contributed by atoms with Gasteiger partial charge in [0.05, 0.1) is 12.2 Å². The van der Waals surface area contributed by atoms with Crippen molar-refractivity contribution in [2.45, 2.75) is 19.9 Å². The Morgan fingerprint density at radius 3 is 2.75 bits per heavy atom. The van der Waals surface area contributed by atoms with Crippen LogP contribution in [0.15, 0.2) is 33.3 Å². The zero-order valence-electron chi connectivity index (χ0n) is 9.20. The second-order valence-electron chi connectivity index (χ2n) is 3.81. The predicted octanol–water partition coefficient (Wildman–Crippen LogP) is 3.43. The molecular weight excluding hydrogens is 268 g/mol. The maximum absolute atomic E-state index is 5.70. The monoisotopic (exact) mass is 280 g/mol. The summed E-state index contributed by atoms with van der Waals surface area (Å²) in [5.74, 6) is 1.33. The van der Waals surface area contributed by atoms with Gasteiger partial charge in [-0.1, -0.05) is 15.9 Å². The second-order valence-corrected chi connectivity index (χ2v) is 4.73. The van der Waals surface area contributed by atoms with Gasteiger partial charge in [0.25, 0.3) is 0 Å². The molecule has 0 saturated carbocycles. The lowest BCUT2D eigenvalue weighted by atomic mass is 10.1. The van der Waals surface area contributed by atoms with Crippen molar-refractivity contribution in [1.82, 2.24) is 4.98 Å². The highest BCUT2D eigenvalue weighted by Crippen LogP contribution is 2.27. The van der Waals surface area contributed by atoms with Crippen molar-refractivity contribution in [3.8, 4) is 11.3 Å². The Bertz CT molecular complexity index is 505. The Kier molecular flexibility index (Phi) is 3.12. The lowest BCUT2D eigenvalue weighted by Crippen LogP contribution is -2.04. The largest absolute Gasteiger partial charge is 0.439 e. The number of benzene rings is 1. The molecule has 1 heterocycles. The van der Waals surface area contributed by atoms with Crippen molar-refractivity contribution in [2.24, 2.45) is 5.73 Å². The summed E-state index contributed by atoms with van der Waals surface area (Å²) in [7, 11) is 0. The van der Waals surface area contributed by atoms with Gasteiger partial charge in [-0.3, -0.25) is 0 Å². The van der Waals surface area contributed by atoms with E-state index in [1.54, 1.807) is 6.20 Å². The number of nitrogens with zero attached hydrogens (tertiary/aromatic N) is 1. The molecule has 1 aromatic carbocycles. The van der Waals surface area contributed by atoms with Crippen molar-refractivity contribution in [2.75, 3.05) is 0 Å². The molecule has 2 N–H and O–H groups in total. The van der Waals surface area contributed by atoms with E-state index in [4.69, 9.17) is 10.2 Å². The topological polar surface area (TPSA) is 52.0 Å². The Morgan fingerprint density at radius 2 is 2.19 bits per heavy atom. The highest BCUT2D eigenvalue weighted by Gasteiger charge is 2.11. The number of halogens is 1. The lowest BCUT2D eigenvalue weighted by Gasteiger charge is -2.02. The van der Waals surface area contributed by atoms with Crippen LogP contribution in [0.1, 0.15) is 24.4 Å². The Labute approximate surface area is 103 Å². The third-order valence-electron chi connectivity index (χ3n) is 2.37. The number of aryl methyl sites for hydroxylation is 1. The fraction of sp³-hybridized carbons (Fsp3) is 0.250. The summed E-state index contributed by atoms with van der Waals surface area (Å²) in [6, 6.07) is 5.86. The molecule has 1 atom stereocenters. The number of oxazole rings is 1. The van der Waals surface area contributed by atoms with Gasteiger partial charge in [-0.05, 0) is 37.6 Å². The normalized spacial score (nSPS) is 12.8. The van der Waals surface area contributed by atoms with E-state index in [0.29, 0.717) is 5.89 Å². The third kappa shape index (κ3) is 2.18. The molecule has 1 unspecified atom stereocenters. The van der Waals surface area contributed by atoms with Gasteiger partial charge in [0.15, 0.2) is 5.76 Å². The number of hydrogen-bond donors (Lipinski definition) is 1. The fourth-order valence-corrected chi connectivity index (χ4v) is 2.00. The summed E-state index contributed by atoms with van der Waals surface area (Å²) in [6.45, 7) is 3.89. The molecule has 0 aliphatic carbocycles. The highest BCUT2D eigenvalue weighted by atomic mass is 79.9. The summed E-state index contributed by atoms with van der Waals surface area (Å²) < 4.78 is 6.66. The van der Waals surface area contributed by atoms with Gasteiger partial charge in [-0.15, -0.1) is 0 Å². The minimum absolute atomic E-state index is 0.176. The first-order valence-electron chi connectivity index (χ1n) is 5.06. The molecule has 3 nitrogen and oxygen atoms in total. The van der Waals surface area contributed by atoms with Gasteiger partial charge < -0.3 is 10.2 Å². The van der Waals surface area contributed by atoms with Gasteiger partial charge >= 0.3 is 0 Å². The van der Waals surface area contributed by atoms with E-state index in [2.05, 4.69) is 20.9 Å². The number of nitrogens with two attached hydrogens (primary N) is 1. The quantitative estimate of drug-likeness (QED) is 0.917. The van der Waals surface area contributed by atoms with Gasteiger partial charge in [0.1, 0.15) is 0 Å². The average molecular weight is 281 g/mol. The molecule has 0 aliphatic rings. The van der Waals surface area contributed by atoms with Gasteiger partial charge in [-0.2, -0.15) is 0 Å². The molecule has 4 heteroatoms. The number of hydrogen-bond acceptors (Lipinski definition) is 3. The summed E-state index contributed by atoms with van der Waals surface area (Å²) in [4.78, 5) is 4.15. The molecule has 0 saturated heterocycles. The maximum atomic E-state index is 5.70. The molecule has 0 aliphatic heterocycles. The zero-order chi connectivity index (χ0) is 11.7. The Hall–Kier alpha value is -1.13. The van der Waals surface area contributed by atoms with Crippen LogP contribution < -0.4 is 5.73 Å². The predicted molar refractivity (Wildman–Crippen MR) is 67.0 cm³/mol. The molecule has 0 fully saturated rings. The third-order valence-corrected chi connectivity index (χ3v) is 2.86. The first-order valence-corrected chi connectivity index (χ1v) is 5.85. The van der Waals surface area contributed by atoms with Gasteiger partial charge in [-0.25, -0.2) is 4.98 Å². The van der Waals surface area contributed by atoms with Crippen LogP contribution in [0.3, 0.4) is 0 Å². The molecule has 0 radical (unpaired) electrons. The van der Waals surface area contributed by atoms with E-state index < -0.39 is 0 Å². The smallest absolute Gasteiger partial charge is 0.211 e. The van der Waals surface area contributed by atoms with E-state index in [1.807, 2.05) is 32.0 Å². The minimum Gasteiger partial charge on any atom is -0.439 e. The summed E-state index contributed by atoms with van der Waals surface area (Å²) >= 11 is 3.43. The van der Waals surface area contributed by atoms with Gasteiger partial charge in [0, 0.05) is 10.0 Å². The first-order chi connectivity index (χ1) is 7.58. The maximum Gasteiger partial charge on any atom is 0.211 e. The first kappa shape index (κ1) is 11.4. The van der Waals surface area contributed by atoms with Crippen LogP contribution in [0.25, 0.3) is 11.3 Å². The van der Waals surface area contributed by atoms with Crippen molar-refractivity contribution in [1.29, 1.82) is 0 Å². The average Bonchev–Trinajstić information content (AvgIpc) is 2.66.